The highest BCUT2D eigenvalue weighted by atomic mass is 16.2. The Balaban J connectivity index is 2.26. The molecule has 7 heteroatoms. The zero-order valence-electron chi connectivity index (χ0n) is 11.7. The lowest BCUT2D eigenvalue weighted by atomic mass is 9.91. The zero-order valence-corrected chi connectivity index (χ0v) is 11.7. The van der Waals surface area contributed by atoms with Crippen molar-refractivity contribution in [3.05, 3.63) is 20.8 Å². The van der Waals surface area contributed by atoms with Gasteiger partial charge in [-0.15, -0.1) is 5.10 Å². The molecule has 1 aromatic rings. The SMILES string of the molecule is CC(N)C1CCN(c2nn(C)c(=O)n(C)c2=O)CC1. The van der Waals surface area contributed by atoms with Crippen LogP contribution in [0.1, 0.15) is 19.8 Å². The average Bonchev–Trinajstić information content (AvgIpc) is 2.40. The molecule has 7 nitrogen and oxygen atoms in total. The van der Waals surface area contributed by atoms with Crippen LogP contribution < -0.4 is 21.9 Å². The van der Waals surface area contributed by atoms with Crippen LogP contribution in [0.25, 0.3) is 0 Å². The number of hydrogen-bond donors (Lipinski definition) is 1. The van der Waals surface area contributed by atoms with E-state index in [1.54, 1.807) is 7.05 Å². The van der Waals surface area contributed by atoms with E-state index in [2.05, 4.69) is 5.10 Å². The van der Waals surface area contributed by atoms with Gasteiger partial charge in [-0.1, -0.05) is 0 Å². The number of nitrogens with two attached hydrogens (primary N) is 1. The fraction of sp³-hybridized carbons (Fsp3) is 0.750. The van der Waals surface area contributed by atoms with Crippen molar-refractivity contribution in [3.8, 4) is 0 Å². The Bertz CT molecular complexity index is 566. The predicted molar refractivity (Wildman–Crippen MR) is 73.3 cm³/mol. The molecule has 1 saturated heterocycles. The normalized spacial score (nSPS) is 18.6. The van der Waals surface area contributed by atoms with Gasteiger partial charge in [0, 0.05) is 33.2 Å². The van der Waals surface area contributed by atoms with Gasteiger partial charge < -0.3 is 10.6 Å². The quantitative estimate of drug-likeness (QED) is 0.746. The first-order chi connectivity index (χ1) is 8.91. The summed E-state index contributed by atoms with van der Waals surface area (Å²) in [4.78, 5) is 25.6. The van der Waals surface area contributed by atoms with E-state index < -0.39 is 5.69 Å². The third-order valence-electron chi connectivity index (χ3n) is 3.89. The zero-order chi connectivity index (χ0) is 14.2. The van der Waals surface area contributed by atoms with Gasteiger partial charge in [0.2, 0.25) is 5.82 Å². The van der Waals surface area contributed by atoms with Gasteiger partial charge in [0.15, 0.2) is 0 Å². The summed E-state index contributed by atoms with van der Waals surface area (Å²) in [6, 6.07) is 0.179. The molecular weight excluding hydrogens is 246 g/mol. The lowest BCUT2D eigenvalue weighted by Crippen LogP contribution is -2.46. The second-order valence-electron chi connectivity index (χ2n) is 5.28. The second-order valence-corrected chi connectivity index (χ2v) is 5.28. The van der Waals surface area contributed by atoms with Crippen molar-refractivity contribution in [3.63, 3.8) is 0 Å². The van der Waals surface area contributed by atoms with Gasteiger partial charge in [-0.2, -0.15) is 0 Å². The smallest absolute Gasteiger partial charge is 0.346 e. The molecule has 106 valence electrons. The van der Waals surface area contributed by atoms with Gasteiger partial charge in [0.05, 0.1) is 0 Å². The Morgan fingerprint density at radius 3 is 2.37 bits per heavy atom. The fourth-order valence-electron chi connectivity index (χ4n) is 2.52. The third kappa shape index (κ3) is 2.56. The molecule has 1 fully saturated rings. The number of hydrogen-bond acceptors (Lipinski definition) is 5. The summed E-state index contributed by atoms with van der Waals surface area (Å²) in [6.07, 6.45) is 1.90. The maximum Gasteiger partial charge on any atom is 0.346 e. The fourth-order valence-corrected chi connectivity index (χ4v) is 2.52. The molecule has 2 heterocycles. The summed E-state index contributed by atoms with van der Waals surface area (Å²) in [5, 5.41) is 4.09. The van der Waals surface area contributed by atoms with E-state index in [0.29, 0.717) is 11.7 Å². The minimum Gasteiger partial charge on any atom is -0.351 e. The van der Waals surface area contributed by atoms with E-state index in [9.17, 15) is 9.59 Å². The lowest BCUT2D eigenvalue weighted by molar-refractivity contribution is 0.351. The average molecular weight is 267 g/mol. The van der Waals surface area contributed by atoms with Crippen LogP contribution >= 0.6 is 0 Å². The van der Waals surface area contributed by atoms with E-state index in [0.717, 1.165) is 30.5 Å². The molecule has 2 N–H and O–H groups in total. The molecule has 0 saturated carbocycles. The minimum absolute atomic E-state index is 0.179. The van der Waals surface area contributed by atoms with Gasteiger partial charge in [-0.3, -0.25) is 9.36 Å². The van der Waals surface area contributed by atoms with Crippen molar-refractivity contribution in [2.75, 3.05) is 18.0 Å². The Hall–Kier alpha value is -1.63. The van der Waals surface area contributed by atoms with Crippen molar-refractivity contribution >= 4 is 5.82 Å². The topological polar surface area (TPSA) is 86.2 Å². The highest BCUT2D eigenvalue weighted by Crippen LogP contribution is 2.21. The Morgan fingerprint density at radius 1 is 1.26 bits per heavy atom. The molecule has 0 aliphatic carbocycles. The van der Waals surface area contributed by atoms with E-state index in [1.807, 2.05) is 11.8 Å². The predicted octanol–water partition coefficient (Wildman–Crippen LogP) is -0.957. The Morgan fingerprint density at radius 2 is 1.84 bits per heavy atom. The van der Waals surface area contributed by atoms with Crippen LogP contribution in [-0.4, -0.2) is 33.5 Å². The Labute approximate surface area is 111 Å². The summed E-state index contributed by atoms with van der Waals surface area (Å²) < 4.78 is 2.30. The standard InChI is InChI=1S/C12H21N5O2/c1-8(13)9-4-6-17(7-5-9)10-11(18)15(2)12(19)16(3)14-10/h8-9H,4-7,13H2,1-3H3. The molecule has 1 unspecified atom stereocenters. The first-order valence-corrected chi connectivity index (χ1v) is 6.56. The first-order valence-electron chi connectivity index (χ1n) is 6.56. The van der Waals surface area contributed by atoms with Crippen molar-refractivity contribution < 1.29 is 0 Å². The van der Waals surface area contributed by atoms with Crippen LogP contribution in [0.2, 0.25) is 0 Å². The largest absolute Gasteiger partial charge is 0.351 e. The lowest BCUT2D eigenvalue weighted by Gasteiger charge is -2.33. The maximum absolute atomic E-state index is 12.1. The Kier molecular flexibility index (Phi) is 3.75. The van der Waals surface area contributed by atoms with E-state index in [-0.39, 0.29) is 11.6 Å². The highest BCUT2D eigenvalue weighted by molar-refractivity contribution is 5.35. The maximum atomic E-state index is 12.1. The molecule has 0 bridgehead atoms. The van der Waals surface area contributed by atoms with E-state index >= 15 is 0 Å². The third-order valence-corrected chi connectivity index (χ3v) is 3.89. The number of piperidine rings is 1. The van der Waals surface area contributed by atoms with Crippen LogP contribution in [0, 0.1) is 5.92 Å². The van der Waals surface area contributed by atoms with Gasteiger partial charge in [-0.25, -0.2) is 9.48 Å². The molecule has 1 aliphatic rings. The van der Waals surface area contributed by atoms with Crippen molar-refractivity contribution in [1.82, 2.24) is 14.3 Å². The van der Waals surface area contributed by atoms with Crippen LogP contribution in [-0.2, 0) is 14.1 Å². The summed E-state index contributed by atoms with van der Waals surface area (Å²) >= 11 is 0. The van der Waals surface area contributed by atoms with Crippen molar-refractivity contribution in [2.45, 2.75) is 25.8 Å². The van der Waals surface area contributed by atoms with E-state index in [4.69, 9.17) is 5.73 Å². The monoisotopic (exact) mass is 267 g/mol. The van der Waals surface area contributed by atoms with Gasteiger partial charge in [-0.05, 0) is 25.7 Å². The summed E-state index contributed by atoms with van der Waals surface area (Å²) in [5.74, 6) is 0.848. The minimum atomic E-state index is -0.404. The molecule has 19 heavy (non-hydrogen) atoms. The van der Waals surface area contributed by atoms with Crippen LogP contribution in [0.3, 0.4) is 0 Å². The van der Waals surface area contributed by atoms with Crippen molar-refractivity contribution in [1.29, 1.82) is 0 Å². The number of nitrogens with zero attached hydrogens (tertiary/aromatic N) is 4. The van der Waals surface area contributed by atoms with Crippen LogP contribution in [0.15, 0.2) is 9.59 Å². The van der Waals surface area contributed by atoms with Crippen LogP contribution in [0.4, 0.5) is 5.82 Å². The van der Waals surface area contributed by atoms with Crippen molar-refractivity contribution in [2.24, 2.45) is 25.7 Å². The molecule has 0 radical (unpaired) electrons. The molecule has 1 atom stereocenters. The number of aryl methyl sites for hydroxylation is 1. The van der Waals surface area contributed by atoms with Gasteiger partial charge >= 0.3 is 5.69 Å². The molecule has 0 aromatic carbocycles. The molecule has 1 aliphatic heterocycles. The number of rotatable bonds is 2. The van der Waals surface area contributed by atoms with E-state index in [1.165, 1.54) is 11.7 Å². The summed E-state index contributed by atoms with van der Waals surface area (Å²) in [5.41, 5.74) is 5.17. The van der Waals surface area contributed by atoms with Gasteiger partial charge in [0.1, 0.15) is 0 Å². The number of aromatic nitrogens is 3. The summed E-state index contributed by atoms with van der Waals surface area (Å²) in [6.45, 7) is 3.53. The molecular formula is C12H21N5O2. The highest BCUT2D eigenvalue weighted by Gasteiger charge is 2.25. The van der Waals surface area contributed by atoms with Gasteiger partial charge in [0.25, 0.3) is 5.56 Å². The molecule has 0 amide bonds. The van der Waals surface area contributed by atoms with Crippen LogP contribution in [0.5, 0.6) is 0 Å². The second kappa shape index (κ2) is 5.16. The molecule has 0 spiro atoms. The number of anilines is 1. The summed E-state index contributed by atoms with van der Waals surface area (Å²) in [7, 11) is 3.03. The molecule has 2 rings (SSSR count). The first kappa shape index (κ1) is 13.8. The molecule has 1 aromatic heterocycles.